The van der Waals surface area contributed by atoms with Gasteiger partial charge in [0, 0.05) is 19.7 Å². The first-order valence-corrected chi connectivity index (χ1v) is 4.80. The van der Waals surface area contributed by atoms with Crippen molar-refractivity contribution in [3.05, 3.63) is 0 Å². The Hall–Kier alpha value is -1.17. The lowest BCUT2D eigenvalue weighted by atomic mass is 10.1. The molecule has 0 aromatic carbocycles. The third-order valence-corrected chi connectivity index (χ3v) is 2.25. The van der Waals surface area contributed by atoms with E-state index in [-0.39, 0.29) is 5.60 Å². The Labute approximate surface area is 82.6 Å². The van der Waals surface area contributed by atoms with Crippen molar-refractivity contribution < 1.29 is 4.74 Å². The summed E-state index contributed by atoms with van der Waals surface area (Å²) in [6, 6.07) is 0. The molecule has 0 radical (unpaired) electrons. The number of aromatic amines is 1. The molecule has 0 atom stereocenters. The van der Waals surface area contributed by atoms with Gasteiger partial charge in [-0.2, -0.15) is 5.21 Å². The number of aromatic nitrogens is 4. The monoisotopic (exact) mass is 197 g/mol. The molecule has 1 aromatic heterocycles. The summed E-state index contributed by atoms with van der Waals surface area (Å²) in [5, 5.41) is 14.0. The molecule has 1 fully saturated rings. The molecule has 0 bridgehead atoms. The Morgan fingerprint density at radius 3 is 3.07 bits per heavy atom. The van der Waals surface area contributed by atoms with Crippen LogP contribution in [0.4, 0.5) is 5.95 Å². The molecular weight excluding hydrogens is 182 g/mol. The number of nitrogens with zero attached hydrogens (tertiary/aromatic N) is 4. The molecule has 0 amide bonds. The fourth-order valence-electron chi connectivity index (χ4n) is 1.65. The van der Waals surface area contributed by atoms with Crippen LogP contribution in [0, 0.1) is 0 Å². The molecule has 2 heterocycles. The second-order valence-electron chi connectivity index (χ2n) is 4.10. The quantitative estimate of drug-likeness (QED) is 0.696. The van der Waals surface area contributed by atoms with E-state index >= 15 is 0 Å². The van der Waals surface area contributed by atoms with Crippen molar-refractivity contribution in [3.8, 4) is 0 Å². The fourth-order valence-corrected chi connectivity index (χ4v) is 1.65. The maximum absolute atomic E-state index is 5.69. The average Bonchev–Trinajstić information content (AvgIpc) is 2.57. The summed E-state index contributed by atoms with van der Waals surface area (Å²) in [6.07, 6.45) is 0.998. The molecule has 1 N–H and O–H groups in total. The number of anilines is 1. The van der Waals surface area contributed by atoms with Crippen molar-refractivity contribution in [1.82, 2.24) is 20.6 Å². The van der Waals surface area contributed by atoms with E-state index in [9.17, 15) is 0 Å². The second-order valence-corrected chi connectivity index (χ2v) is 4.10. The number of H-pyrrole nitrogens is 1. The van der Waals surface area contributed by atoms with Crippen molar-refractivity contribution in [2.45, 2.75) is 25.9 Å². The Bertz CT molecular complexity index is 284. The molecule has 1 aliphatic rings. The van der Waals surface area contributed by atoms with Gasteiger partial charge in [-0.05, 0) is 25.5 Å². The minimum atomic E-state index is -0.142. The minimum Gasteiger partial charge on any atom is -0.374 e. The van der Waals surface area contributed by atoms with Gasteiger partial charge < -0.3 is 9.64 Å². The summed E-state index contributed by atoms with van der Waals surface area (Å²) in [7, 11) is 0. The van der Waals surface area contributed by atoms with Crippen LogP contribution in [0.1, 0.15) is 20.3 Å². The number of hydrogen-bond donors (Lipinski definition) is 1. The van der Waals surface area contributed by atoms with E-state index in [0.717, 1.165) is 26.1 Å². The van der Waals surface area contributed by atoms with Gasteiger partial charge in [0.05, 0.1) is 5.60 Å². The number of hydrogen-bond acceptors (Lipinski definition) is 5. The molecule has 0 unspecified atom stereocenters. The molecule has 6 heteroatoms. The number of ether oxygens (including phenoxy) is 1. The standard InChI is InChI=1S/C8H15N5O/c1-8(2)6-13(4-3-5-14-8)7-9-11-12-10-7/h3-6H2,1-2H3,(H,9,10,11,12). The van der Waals surface area contributed by atoms with Gasteiger partial charge in [0.15, 0.2) is 0 Å². The van der Waals surface area contributed by atoms with Gasteiger partial charge in [0.2, 0.25) is 0 Å². The van der Waals surface area contributed by atoms with Gasteiger partial charge >= 0.3 is 0 Å². The molecule has 14 heavy (non-hydrogen) atoms. The highest BCUT2D eigenvalue weighted by Gasteiger charge is 2.27. The van der Waals surface area contributed by atoms with E-state index in [1.807, 2.05) is 0 Å². The highest BCUT2D eigenvalue weighted by molar-refractivity contribution is 5.27. The fraction of sp³-hybridized carbons (Fsp3) is 0.875. The zero-order valence-corrected chi connectivity index (χ0v) is 8.53. The summed E-state index contributed by atoms with van der Waals surface area (Å²) in [5.74, 6) is 0.656. The molecular formula is C8H15N5O. The maximum Gasteiger partial charge on any atom is 0.265 e. The van der Waals surface area contributed by atoms with E-state index in [4.69, 9.17) is 4.74 Å². The summed E-state index contributed by atoms with van der Waals surface area (Å²) in [4.78, 5) is 2.09. The molecule has 78 valence electrons. The van der Waals surface area contributed by atoms with E-state index in [0.29, 0.717) is 5.95 Å². The first-order chi connectivity index (χ1) is 6.67. The normalized spacial score (nSPS) is 22.0. The molecule has 1 aliphatic heterocycles. The van der Waals surface area contributed by atoms with Gasteiger partial charge in [0.1, 0.15) is 0 Å². The molecule has 0 spiro atoms. The van der Waals surface area contributed by atoms with Crippen molar-refractivity contribution in [1.29, 1.82) is 0 Å². The lowest BCUT2D eigenvalue weighted by Crippen LogP contribution is -2.39. The highest BCUT2D eigenvalue weighted by Crippen LogP contribution is 2.18. The summed E-state index contributed by atoms with van der Waals surface area (Å²) in [5.41, 5.74) is -0.142. The van der Waals surface area contributed by atoms with Gasteiger partial charge in [-0.1, -0.05) is 5.10 Å². The predicted octanol–water partition coefficient (Wildman–Crippen LogP) is 0.205. The lowest BCUT2D eigenvalue weighted by molar-refractivity contribution is -0.00153. The van der Waals surface area contributed by atoms with E-state index in [1.165, 1.54) is 0 Å². The number of tetrazole rings is 1. The predicted molar refractivity (Wildman–Crippen MR) is 51.0 cm³/mol. The number of rotatable bonds is 1. The van der Waals surface area contributed by atoms with Crippen molar-refractivity contribution in [3.63, 3.8) is 0 Å². The van der Waals surface area contributed by atoms with Crippen LogP contribution in [-0.4, -0.2) is 45.9 Å². The molecule has 0 saturated carbocycles. The Morgan fingerprint density at radius 1 is 1.50 bits per heavy atom. The van der Waals surface area contributed by atoms with Crippen LogP contribution in [-0.2, 0) is 4.74 Å². The van der Waals surface area contributed by atoms with E-state index in [2.05, 4.69) is 39.4 Å². The molecule has 6 nitrogen and oxygen atoms in total. The Balaban J connectivity index is 2.11. The van der Waals surface area contributed by atoms with Gasteiger partial charge in [0.25, 0.3) is 5.95 Å². The van der Waals surface area contributed by atoms with Gasteiger partial charge in [-0.3, -0.25) is 0 Å². The van der Waals surface area contributed by atoms with Crippen molar-refractivity contribution >= 4 is 5.95 Å². The van der Waals surface area contributed by atoms with Crippen molar-refractivity contribution in [2.24, 2.45) is 0 Å². The van der Waals surface area contributed by atoms with Crippen LogP contribution in [0.25, 0.3) is 0 Å². The zero-order chi connectivity index (χ0) is 10.0. The topological polar surface area (TPSA) is 66.9 Å². The summed E-state index contributed by atoms with van der Waals surface area (Å²) >= 11 is 0. The summed E-state index contributed by atoms with van der Waals surface area (Å²) in [6.45, 7) is 6.66. The highest BCUT2D eigenvalue weighted by atomic mass is 16.5. The lowest BCUT2D eigenvalue weighted by Gasteiger charge is -2.27. The zero-order valence-electron chi connectivity index (χ0n) is 8.53. The van der Waals surface area contributed by atoms with E-state index < -0.39 is 0 Å². The number of nitrogens with one attached hydrogen (secondary N) is 1. The first kappa shape index (κ1) is 9.39. The minimum absolute atomic E-state index is 0.142. The third-order valence-electron chi connectivity index (χ3n) is 2.25. The first-order valence-electron chi connectivity index (χ1n) is 4.80. The molecule has 1 aromatic rings. The Morgan fingerprint density at radius 2 is 2.36 bits per heavy atom. The molecule has 0 aliphatic carbocycles. The van der Waals surface area contributed by atoms with Gasteiger partial charge in [-0.25, -0.2) is 0 Å². The van der Waals surface area contributed by atoms with Crippen LogP contribution in [0.5, 0.6) is 0 Å². The maximum atomic E-state index is 5.69. The van der Waals surface area contributed by atoms with Crippen LogP contribution in [0.3, 0.4) is 0 Å². The van der Waals surface area contributed by atoms with Crippen LogP contribution in [0.2, 0.25) is 0 Å². The van der Waals surface area contributed by atoms with Crippen LogP contribution >= 0.6 is 0 Å². The summed E-state index contributed by atoms with van der Waals surface area (Å²) < 4.78 is 5.69. The molecule has 1 saturated heterocycles. The van der Waals surface area contributed by atoms with Crippen LogP contribution < -0.4 is 4.90 Å². The second kappa shape index (κ2) is 3.53. The average molecular weight is 197 g/mol. The SMILES string of the molecule is CC1(C)CN(c2nn[nH]n2)CCCO1. The smallest absolute Gasteiger partial charge is 0.265 e. The Kier molecular flexibility index (Phi) is 2.37. The third kappa shape index (κ3) is 2.01. The largest absolute Gasteiger partial charge is 0.374 e. The van der Waals surface area contributed by atoms with Crippen LogP contribution in [0.15, 0.2) is 0 Å². The van der Waals surface area contributed by atoms with Crippen molar-refractivity contribution in [2.75, 3.05) is 24.6 Å². The van der Waals surface area contributed by atoms with Gasteiger partial charge in [-0.15, -0.1) is 5.10 Å². The van der Waals surface area contributed by atoms with E-state index in [1.54, 1.807) is 0 Å². The molecule has 2 rings (SSSR count).